The van der Waals surface area contributed by atoms with Gasteiger partial charge < -0.3 is 15.2 Å². The van der Waals surface area contributed by atoms with Crippen molar-refractivity contribution in [3.05, 3.63) is 53.9 Å². The molecular weight excluding hydrogens is 382 g/mol. The van der Waals surface area contributed by atoms with Crippen molar-refractivity contribution in [3.63, 3.8) is 0 Å². The number of carbonyl (C=O) groups excluding carboxylic acids is 1. The van der Waals surface area contributed by atoms with Crippen LogP contribution in [-0.4, -0.2) is 39.6 Å². The predicted molar refractivity (Wildman–Crippen MR) is 102 cm³/mol. The van der Waals surface area contributed by atoms with Gasteiger partial charge in [0.15, 0.2) is 0 Å². The van der Waals surface area contributed by atoms with Gasteiger partial charge in [-0.3, -0.25) is 9.78 Å². The van der Waals surface area contributed by atoms with Crippen LogP contribution < -0.4 is 15.2 Å². The highest BCUT2D eigenvalue weighted by atomic mass is 32.2. The van der Waals surface area contributed by atoms with Crippen LogP contribution in [0, 0.1) is 5.92 Å². The molecule has 2 aromatic rings. The van der Waals surface area contributed by atoms with Crippen molar-refractivity contribution in [1.82, 2.24) is 9.71 Å². The van der Waals surface area contributed by atoms with E-state index in [1.807, 2.05) is 6.07 Å². The third kappa shape index (κ3) is 4.49. The summed E-state index contributed by atoms with van der Waals surface area (Å²) >= 11 is 0. The van der Waals surface area contributed by atoms with Crippen molar-refractivity contribution in [3.8, 4) is 5.75 Å². The molecular formula is C19H23N3O5S. The van der Waals surface area contributed by atoms with Crippen molar-refractivity contribution in [2.75, 3.05) is 20.3 Å². The molecule has 2 heterocycles. The van der Waals surface area contributed by atoms with Gasteiger partial charge in [-0.1, -0.05) is 6.07 Å². The minimum Gasteiger partial charge on any atom is -0.496 e. The third-order valence-electron chi connectivity index (χ3n) is 4.81. The molecule has 0 radical (unpaired) electrons. The van der Waals surface area contributed by atoms with Crippen LogP contribution in [0.15, 0.2) is 47.6 Å². The monoisotopic (exact) mass is 405 g/mol. The molecule has 28 heavy (non-hydrogen) atoms. The maximum atomic E-state index is 13.1. The highest BCUT2D eigenvalue weighted by molar-refractivity contribution is 7.89. The van der Waals surface area contributed by atoms with Crippen LogP contribution in [0.25, 0.3) is 0 Å². The molecule has 1 aliphatic rings. The highest BCUT2D eigenvalue weighted by Crippen LogP contribution is 2.32. The minimum absolute atomic E-state index is 0.00868. The molecule has 0 aliphatic carbocycles. The molecule has 1 fully saturated rings. The SMILES string of the molecule is COc1ccc(S(=O)(=O)NC(c2cccnc2)C2CCOCC2)cc1C(N)=O. The summed E-state index contributed by atoms with van der Waals surface area (Å²) in [6.45, 7) is 1.16. The van der Waals surface area contributed by atoms with Gasteiger partial charge in [0.25, 0.3) is 5.91 Å². The number of nitrogens with one attached hydrogen (secondary N) is 1. The second kappa shape index (κ2) is 8.68. The fraction of sp³-hybridized carbons (Fsp3) is 0.368. The van der Waals surface area contributed by atoms with E-state index < -0.39 is 22.0 Å². The van der Waals surface area contributed by atoms with E-state index in [-0.39, 0.29) is 22.1 Å². The summed E-state index contributed by atoms with van der Waals surface area (Å²) < 4.78 is 39.4. The number of hydrogen-bond acceptors (Lipinski definition) is 6. The van der Waals surface area contributed by atoms with Gasteiger partial charge in [-0.15, -0.1) is 0 Å². The molecule has 0 spiro atoms. The quantitative estimate of drug-likeness (QED) is 0.722. The second-order valence-corrected chi connectivity index (χ2v) is 8.28. The number of carbonyl (C=O) groups is 1. The Bertz CT molecular complexity index is 928. The summed E-state index contributed by atoms with van der Waals surface area (Å²) in [6.07, 6.45) is 4.77. The van der Waals surface area contributed by atoms with E-state index in [1.54, 1.807) is 18.5 Å². The summed E-state index contributed by atoms with van der Waals surface area (Å²) in [5.41, 5.74) is 6.14. The smallest absolute Gasteiger partial charge is 0.252 e. The number of ether oxygens (including phenoxy) is 2. The first-order valence-electron chi connectivity index (χ1n) is 8.90. The van der Waals surface area contributed by atoms with Gasteiger partial charge in [-0.25, -0.2) is 13.1 Å². The fourth-order valence-corrected chi connectivity index (χ4v) is 4.65. The number of methoxy groups -OCH3 is 1. The predicted octanol–water partition coefficient (Wildman–Crippen LogP) is 1.64. The van der Waals surface area contributed by atoms with Crippen LogP contribution in [0.3, 0.4) is 0 Å². The Morgan fingerprint density at radius 1 is 1.32 bits per heavy atom. The molecule has 1 aromatic carbocycles. The summed E-state index contributed by atoms with van der Waals surface area (Å²) in [6, 6.07) is 7.20. The first-order valence-corrected chi connectivity index (χ1v) is 10.4. The molecule has 0 saturated carbocycles. The molecule has 150 valence electrons. The molecule has 1 aliphatic heterocycles. The van der Waals surface area contributed by atoms with Gasteiger partial charge >= 0.3 is 0 Å². The lowest BCUT2D eigenvalue weighted by molar-refractivity contribution is 0.0564. The van der Waals surface area contributed by atoms with E-state index in [0.29, 0.717) is 13.2 Å². The van der Waals surface area contributed by atoms with Crippen molar-refractivity contribution >= 4 is 15.9 Å². The number of primary amides is 1. The number of pyridine rings is 1. The maximum absolute atomic E-state index is 13.1. The number of nitrogens with zero attached hydrogens (tertiary/aromatic N) is 1. The van der Waals surface area contributed by atoms with E-state index >= 15 is 0 Å². The lowest BCUT2D eigenvalue weighted by Crippen LogP contribution is -2.36. The Hall–Kier alpha value is -2.49. The average molecular weight is 405 g/mol. The van der Waals surface area contributed by atoms with Crippen LogP contribution in [0.5, 0.6) is 5.75 Å². The summed E-state index contributed by atoms with van der Waals surface area (Å²) in [7, 11) is -2.53. The Morgan fingerprint density at radius 3 is 2.68 bits per heavy atom. The topological polar surface area (TPSA) is 121 Å². The van der Waals surface area contributed by atoms with Crippen LogP contribution >= 0.6 is 0 Å². The number of nitrogens with two attached hydrogens (primary N) is 1. The number of hydrogen-bond donors (Lipinski definition) is 2. The van der Waals surface area contributed by atoms with Crippen LogP contribution in [0.4, 0.5) is 0 Å². The van der Waals surface area contributed by atoms with E-state index in [9.17, 15) is 13.2 Å². The van der Waals surface area contributed by atoms with E-state index in [2.05, 4.69) is 9.71 Å². The average Bonchev–Trinajstić information content (AvgIpc) is 2.72. The largest absolute Gasteiger partial charge is 0.496 e. The van der Waals surface area contributed by atoms with Crippen molar-refractivity contribution in [2.24, 2.45) is 11.7 Å². The minimum atomic E-state index is -3.92. The number of aromatic nitrogens is 1. The summed E-state index contributed by atoms with van der Waals surface area (Å²) in [5.74, 6) is -0.469. The molecule has 1 saturated heterocycles. The van der Waals surface area contributed by atoms with Crippen molar-refractivity contribution < 1.29 is 22.7 Å². The normalized spacial score (nSPS) is 16.5. The zero-order valence-corrected chi connectivity index (χ0v) is 16.3. The molecule has 1 aromatic heterocycles. The van der Waals surface area contributed by atoms with Gasteiger partial charge in [0.1, 0.15) is 5.75 Å². The van der Waals surface area contributed by atoms with Crippen molar-refractivity contribution in [1.29, 1.82) is 0 Å². The summed E-state index contributed by atoms with van der Waals surface area (Å²) in [4.78, 5) is 15.7. The third-order valence-corrected chi connectivity index (χ3v) is 6.25. The first-order chi connectivity index (χ1) is 13.4. The number of rotatable bonds is 7. The molecule has 0 bridgehead atoms. The molecule has 3 rings (SSSR count). The van der Waals surface area contributed by atoms with Crippen LogP contribution in [-0.2, 0) is 14.8 Å². The molecule has 1 amide bonds. The Balaban J connectivity index is 1.95. The van der Waals surface area contributed by atoms with Gasteiger partial charge in [0, 0.05) is 25.6 Å². The standard InChI is InChI=1S/C19H23N3O5S/c1-26-17-5-4-15(11-16(17)19(20)23)28(24,25)22-18(13-6-9-27-10-7-13)14-3-2-8-21-12-14/h2-5,8,11-13,18,22H,6-7,9-10H2,1H3,(H2,20,23). The summed E-state index contributed by atoms with van der Waals surface area (Å²) in [5, 5.41) is 0. The highest BCUT2D eigenvalue weighted by Gasteiger charge is 2.30. The second-order valence-electron chi connectivity index (χ2n) is 6.56. The number of sulfonamides is 1. The molecule has 1 atom stereocenters. The van der Waals surface area contributed by atoms with Gasteiger partial charge in [-0.2, -0.15) is 0 Å². The van der Waals surface area contributed by atoms with Gasteiger partial charge in [-0.05, 0) is 48.6 Å². The number of amides is 1. The Morgan fingerprint density at radius 2 is 2.07 bits per heavy atom. The zero-order chi connectivity index (χ0) is 20.1. The van der Waals surface area contributed by atoms with Crippen molar-refractivity contribution in [2.45, 2.75) is 23.8 Å². The molecule has 3 N–H and O–H groups in total. The van der Waals surface area contributed by atoms with Crippen LogP contribution in [0.2, 0.25) is 0 Å². The first kappa shape index (κ1) is 20.2. The Kier molecular flexibility index (Phi) is 6.28. The number of benzene rings is 1. The van der Waals surface area contributed by atoms with Crippen LogP contribution in [0.1, 0.15) is 34.8 Å². The maximum Gasteiger partial charge on any atom is 0.252 e. The lowest BCUT2D eigenvalue weighted by Gasteiger charge is -2.31. The van der Waals surface area contributed by atoms with Gasteiger partial charge in [0.05, 0.1) is 23.6 Å². The zero-order valence-electron chi connectivity index (χ0n) is 15.5. The van der Waals surface area contributed by atoms with E-state index in [1.165, 1.54) is 25.3 Å². The molecule has 9 heteroatoms. The van der Waals surface area contributed by atoms with E-state index in [0.717, 1.165) is 18.4 Å². The Labute approximate surface area is 164 Å². The molecule has 1 unspecified atom stereocenters. The fourth-order valence-electron chi connectivity index (χ4n) is 3.33. The lowest BCUT2D eigenvalue weighted by atomic mass is 9.88. The van der Waals surface area contributed by atoms with Gasteiger partial charge in [0.2, 0.25) is 10.0 Å². The van der Waals surface area contributed by atoms with E-state index in [4.69, 9.17) is 15.2 Å². The molecule has 8 nitrogen and oxygen atoms in total.